The molecule has 1 aromatic carbocycles. The lowest BCUT2D eigenvalue weighted by Gasteiger charge is -2.23. The van der Waals surface area contributed by atoms with E-state index in [4.69, 9.17) is 4.42 Å². The average molecular weight is 336 g/mol. The maximum absolute atomic E-state index is 12.5. The molecule has 1 atom stereocenters. The Labute approximate surface area is 136 Å². The summed E-state index contributed by atoms with van der Waals surface area (Å²) < 4.78 is 30.5. The highest BCUT2D eigenvalue weighted by atomic mass is 32.2. The van der Waals surface area contributed by atoms with Crippen LogP contribution in [0, 0.1) is 0 Å². The Morgan fingerprint density at radius 1 is 1.09 bits per heavy atom. The smallest absolute Gasteiger partial charge is 0.254 e. The van der Waals surface area contributed by atoms with Crippen LogP contribution in [0.3, 0.4) is 0 Å². The van der Waals surface area contributed by atoms with E-state index in [1.807, 2.05) is 6.92 Å². The zero-order valence-corrected chi connectivity index (χ0v) is 14.4. The number of rotatable bonds is 5. The second kappa shape index (κ2) is 6.55. The first-order valence-electron chi connectivity index (χ1n) is 7.08. The van der Waals surface area contributed by atoms with E-state index in [1.54, 1.807) is 30.3 Å². The molecule has 1 aromatic heterocycles. The van der Waals surface area contributed by atoms with Crippen molar-refractivity contribution in [2.75, 3.05) is 21.1 Å². The molecule has 0 N–H and O–H groups in total. The summed E-state index contributed by atoms with van der Waals surface area (Å²) in [5, 5.41) is 0. The number of carbonyl (C=O) groups is 1. The molecular weight excluding hydrogens is 316 g/mol. The molecular formula is C16H20N2O4S. The molecule has 1 unspecified atom stereocenters. The maximum atomic E-state index is 12.5. The van der Waals surface area contributed by atoms with Crippen LogP contribution in [-0.4, -0.2) is 44.7 Å². The predicted octanol–water partition coefficient (Wildman–Crippen LogP) is 2.36. The molecule has 6 nitrogen and oxygen atoms in total. The number of hydrogen-bond acceptors (Lipinski definition) is 4. The molecule has 1 heterocycles. The lowest BCUT2D eigenvalue weighted by Crippen LogP contribution is -2.29. The molecule has 2 rings (SSSR count). The largest absolute Gasteiger partial charge is 0.467 e. The van der Waals surface area contributed by atoms with Gasteiger partial charge in [-0.2, -0.15) is 0 Å². The number of amides is 1. The van der Waals surface area contributed by atoms with E-state index in [1.165, 1.54) is 38.4 Å². The minimum Gasteiger partial charge on any atom is -0.467 e. The van der Waals surface area contributed by atoms with Crippen LogP contribution in [0.4, 0.5) is 0 Å². The zero-order valence-electron chi connectivity index (χ0n) is 13.6. The Kier molecular flexibility index (Phi) is 4.91. The van der Waals surface area contributed by atoms with Crippen molar-refractivity contribution in [1.29, 1.82) is 0 Å². The number of sulfonamides is 1. The van der Waals surface area contributed by atoms with Crippen molar-refractivity contribution in [3.05, 3.63) is 54.0 Å². The molecule has 0 saturated carbocycles. The Morgan fingerprint density at radius 2 is 1.70 bits per heavy atom. The van der Waals surface area contributed by atoms with Crippen molar-refractivity contribution in [2.24, 2.45) is 0 Å². The highest BCUT2D eigenvalue weighted by Gasteiger charge is 2.22. The lowest BCUT2D eigenvalue weighted by molar-refractivity contribution is 0.0726. The van der Waals surface area contributed by atoms with Crippen LogP contribution in [0.15, 0.2) is 52.0 Å². The first-order chi connectivity index (χ1) is 10.7. The van der Waals surface area contributed by atoms with Gasteiger partial charge in [-0.1, -0.05) is 0 Å². The molecule has 1 amide bonds. The summed E-state index contributed by atoms with van der Waals surface area (Å²) in [6.45, 7) is 1.86. The van der Waals surface area contributed by atoms with Gasteiger partial charge in [-0.25, -0.2) is 12.7 Å². The number of furan rings is 1. The van der Waals surface area contributed by atoms with Gasteiger partial charge in [0.05, 0.1) is 17.2 Å². The number of benzene rings is 1. The summed E-state index contributed by atoms with van der Waals surface area (Å²) in [7, 11) is 1.11. The summed E-state index contributed by atoms with van der Waals surface area (Å²) in [6, 6.07) is 9.27. The van der Waals surface area contributed by atoms with Crippen LogP contribution in [0.1, 0.15) is 29.1 Å². The van der Waals surface area contributed by atoms with Crippen molar-refractivity contribution >= 4 is 15.9 Å². The second-order valence-electron chi connectivity index (χ2n) is 5.42. The quantitative estimate of drug-likeness (QED) is 0.840. The Morgan fingerprint density at radius 3 is 2.17 bits per heavy atom. The van der Waals surface area contributed by atoms with Crippen molar-refractivity contribution in [1.82, 2.24) is 9.21 Å². The number of carbonyl (C=O) groups excluding carboxylic acids is 1. The monoisotopic (exact) mass is 336 g/mol. The fourth-order valence-electron chi connectivity index (χ4n) is 2.08. The van der Waals surface area contributed by atoms with Gasteiger partial charge in [-0.15, -0.1) is 0 Å². The van der Waals surface area contributed by atoms with Crippen LogP contribution in [0.2, 0.25) is 0 Å². The first kappa shape index (κ1) is 17.2. The van der Waals surface area contributed by atoms with Crippen molar-refractivity contribution < 1.29 is 17.6 Å². The highest BCUT2D eigenvalue weighted by molar-refractivity contribution is 7.89. The van der Waals surface area contributed by atoms with E-state index in [0.717, 1.165) is 4.31 Å². The van der Waals surface area contributed by atoms with Gasteiger partial charge in [0.2, 0.25) is 10.0 Å². The van der Waals surface area contributed by atoms with Crippen LogP contribution in [-0.2, 0) is 10.0 Å². The molecule has 124 valence electrons. The minimum absolute atomic E-state index is 0.154. The van der Waals surface area contributed by atoms with Crippen molar-refractivity contribution in [2.45, 2.75) is 17.9 Å². The zero-order chi connectivity index (χ0) is 17.2. The third-order valence-electron chi connectivity index (χ3n) is 3.74. The Hall–Kier alpha value is -2.12. The van der Waals surface area contributed by atoms with Crippen molar-refractivity contribution in [3.63, 3.8) is 0 Å². The Bertz CT molecular complexity index is 765. The van der Waals surface area contributed by atoms with Crippen molar-refractivity contribution in [3.8, 4) is 0 Å². The van der Waals surface area contributed by atoms with Crippen LogP contribution >= 0.6 is 0 Å². The van der Waals surface area contributed by atoms with Gasteiger partial charge >= 0.3 is 0 Å². The Balaban J connectivity index is 2.21. The predicted molar refractivity (Wildman–Crippen MR) is 86.5 cm³/mol. The SMILES string of the molecule is CC(c1ccco1)N(C)C(=O)c1ccc(S(=O)(=O)N(C)C)cc1. The number of nitrogens with zero attached hydrogens (tertiary/aromatic N) is 2. The lowest BCUT2D eigenvalue weighted by atomic mass is 10.1. The standard InChI is InChI=1S/C16H20N2O4S/c1-12(15-6-5-11-22-15)18(4)16(19)13-7-9-14(10-8-13)23(20,21)17(2)3/h5-12H,1-4H3. The van der Waals surface area contributed by atoms with E-state index in [-0.39, 0.29) is 16.8 Å². The summed E-state index contributed by atoms with van der Waals surface area (Å²) in [5.74, 6) is 0.482. The fraction of sp³-hybridized carbons (Fsp3) is 0.312. The van der Waals surface area contributed by atoms with Gasteiger partial charge in [-0.05, 0) is 43.3 Å². The van der Waals surface area contributed by atoms with Gasteiger partial charge < -0.3 is 9.32 Å². The topological polar surface area (TPSA) is 70.8 Å². The molecule has 0 saturated heterocycles. The molecule has 0 radical (unpaired) electrons. The summed E-state index contributed by atoms with van der Waals surface area (Å²) in [5.41, 5.74) is 0.420. The minimum atomic E-state index is -3.50. The van der Waals surface area contributed by atoms with Crippen LogP contribution < -0.4 is 0 Å². The highest BCUT2D eigenvalue weighted by Crippen LogP contribution is 2.22. The molecule has 23 heavy (non-hydrogen) atoms. The molecule has 0 spiro atoms. The average Bonchev–Trinajstić information content (AvgIpc) is 3.07. The van der Waals surface area contributed by atoms with Gasteiger partial charge in [0, 0.05) is 26.7 Å². The van der Waals surface area contributed by atoms with E-state index in [0.29, 0.717) is 11.3 Å². The maximum Gasteiger partial charge on any atom is 0.254 e. The number of hydrogen-bond donors (Lipinski definition) is 0. The van der Waals surface area contributed by atoms with E-state index in [9.17, 15) is 13.2 Å². The second-order valence-corrected chi connectivity index (χ2v) is 7.57. The van der Waals surface area contributed by atoms with E-state index < -0.39 is 10.0 Å². The normalized spacial score (nSPS) is 13.1. The van der Waals surface area contributed by atoms with Gasteiger partial charge in [0.15, 0.2) is 0 Å². The van der Waals surface area contributed by atoms with Gasteiger partial charge in [0.1, 0.15) is 5.76 Å². The molecule has 7 heteroatoms. The van der Waals surface area contributed by atoms with E-state index in [2.05, 4.69) is 0 Å². The van der Waals surface area contributed by atoms with Crippen LogP contribution in [0.5, 0.6) is 0 Å². The molecule has 0 aliphatic carbocycles. The molecule has 0 aliphatic heterocycles. The first-order valence-corrected chi connectivity index (χ1v) is 8.52. The van der Waals surface area contributed by atoms with Gasteiger partial charge in [-0.3, -0.25) is 4.79 Å². The summed E-state index contributed by atoms with van der Waals surface area (Å²) in [4.78, 5) is 14.2. The third kappa shape index (κ3) is 3.46. The third-order valence-corrected chi connectivity index (χ3v) is 5.57. The molecule has 0 aliphatic rings. The summed E-state index contributed by atoms with van der Waals surface area (Å²) >= 11 is 0. The van der Waals surface area contributed by atoms with E-state index >= 15 is 0 Å². The molecule has 0 bridgehead atoms. The van der Waals surface area contributed by atoms with Crippen LogP contribution in [0.25, 0.3) is 0 Å². The molecule has 0 fully saturated rings. The molecule has 2 aromatic rings. The fourth-order valence-corrected chi connectivity index (χ4v) is 2.98. The summed E-state index contributed by atoms with van der Waals surface area (Å²) in [6.07, 6.45) is 1.56. The van der Waals surface area contributed by atoms with Gasteiger partial charge in [0.25, 0.3) is 5.91 Å².